The Morgan fingerprint density at radius 1 is 0.878 bits per heavy atom. The monoisotopic (exact) mass is 721 g/mol. The van der Waals surface area contributed by atoms with Gasteiger partial charge in [-0.15, -0.1) is 0 Å². The second-order valence-electron chi connectivity index (χ2n) is 13.5. The van der Waals surface area contributed by atoms with Gasteiger partial charge in [0.1, 0.15) is 5.75 Å². The van der Waals surface area contributed by atoms with Crippen molar-refractivity contribution in [1.82, 2.24) is 4.90 Å². The highest BCUT2D eigenvalue weighted by molar-refractivity contribution is 9.10. The van der Waals surface area contributed by atoms with Crippen LogP contribution in [-0.2, 0) is 29.4 Å². The van der Waals surface area contributed by atoms with Crippen molar-refractivity contribution < 1.29 is 34.2 Å². The molecule has 0 spiro atoms. The second kappa shape index (κ2) is 13.0. The number of imide groups is 1. The van der Waals surface area contributed by atoms with E-state index in [4.69, 9.17) is 5.11 Å². The van der Waals surface area contributed by atoms with Gasteiger partial charge in [0.2, 0.25) is 11.8 Å². The number of hydrogen-bond acceptors (Lipinski definition) is 6. The number of ketones is 2. The second-order valence-corrected chi connectivity index (χ2v) is 14.4. The van der Waals surface area contributed by atoms with E-state index < -0.39 is 41.0 Å². The van der Waals surface area contributed by atoms with Gasteiger partial charge in [-0.3, -0.25) is 28.9 Å². The Labute approximate surface area is 292 Å². The lowest BCUT2D eigenvalue weighted by molar-refractivity contribution is -0.141. The number of likely N-dealkylation sites (tertiary alicyclic amines) is 1. The number of unbranched alkanes of at least 4 members (excludes halogenated alkanes) is 2. The Morgan fingerprint density at radius 3 is 2.31 bits per heavy atom. The molecule has 9 heteroatoms. The number of nitrogens with zero attached hydrogens (tertiary/aromatic N) is 1. The van der Waals surface area contributed by atoms with Crippen LogP contribution in [0.3, 0.4) is 0 Å². The van der Waals surface area contributed by atoms with Gasteiger partial charge in [0.25, 0.3) is 0 Å². The third-order valence-corrected chi connectivity index (χ3v) is 11.5. The third-order valence-electron chi connectivity index (χ3n) is 11.0. The normalized spacial score (nSPS) is 27.6. The van der Waals surface area contributed by atoms with E-state index in [2.05, 4.69) is 15.9 Å². The molecule has 1 saturated heterocycles. The summed E-state index contributed by atoms with van der Waals surface area (Å²) in [4.78, 5) is 70.3. The summed E-state index contributed by atoms with van der Waals surface area (Å²) < 4.78 is 0.688. The van der Waals surface area contributed by atoms with Crippen molar-refractivity contribution in [3.63, 3.8) is 0 Å². The zero-order chi connectivity index (χ0) is 34.4. The lowest BCUT2D eigenvalue weighted by Crippen LogP contribution is -2.58. The van der Waals surface area contributed by atoms with Crippen molar-refractivity contribution in [3.8, 4) is 5.75 Å². The van der Waals surface area contributed by atoms with Crippen LogP contribution in [0, 0.1) is 23.7 Å². The van der Waals surface area contributed by atoms with Crippen LogP contribution in [0.4, 0.5) is 0 Å². The highest BCUT2D eigenvalue weighted by Crippen LogP contribution is 2.64. The van der Waals surface area contributed by atoms with Gasteiger partial charge < -0.3 is 10.2 Å². The van der Waals surface area contributed by atoms with Crippen LogP contribution in [0.1, 0.15) is 61.1 Å². The number of Topliss-reactive ketones (excluding diaryl/α,β-unsaturated/α-hetero) is 1. The molecule has 6 unspecified atom stereocenters. The van der Waals surface area contributed by atoms with E-state index in [9.17, 15) is 24.3 Å². The first-order chi connectivity index (χ1) is 23.6. The van der Waals surface area contributed by atoms with Crippen LogP contribution in [0.15, 0.2) is 101 Å². The molecule has 0 radical (unpaired) electrons. The topological polar surface area (TPSA) is 129 Å². The van der Waals surface area contributed by atoms with E-state index in [-0.39, 0.29) is 48.5 Å². The molecule has 1 saturated carbocycles. The SMILES string of the molecule is O=C(O)CCCCCN1C(=O)C2CC=C3C(CC4C(=O)C(c5ccccc5)=CC(=O)C4(c4ccccc4)C3c3cc(Br)ccc3O)C2C1=O. The van der Waals surface area contributed by atoms with Crippen LogP contribution in [-0.4, -0.2) is 51.0 Å². The van der Waals surface area contributed by atoms with Crippen molar-refractivity contribution in [3.05, 3.63) is 118 Å². The molecular formula is C40H36BrNO7. The smallest absolute Gasteiger partial charge is 0.303 e. The molecule has 2 fully saturated rings. The molecule has 7 rings (SSSR count). The number of carboxylic acid groups (broad SMARTS) is 1. The minimum Gasteiger partial charge on any atom is -0.508 e. The number of phenols is 1. The summed E-state index contributed by atoms with van der Waals surface area (Å²) >= 11 is 3.56. The molecule has 8 nitrogen and oxygen atoms in total. The number of benzene rings is 3. The van der Waals surface area contributed by atoms with E-state index in [1.165, 1.54) is 11.0 Å². The fourth-order valence-corrected chi connectivity index (χ4v) is 9.36. The van der Waals surface area contributed by atoms with Crippen molar-refractivity contribution in [2.75, 3.05) is 6.54 Å². The van der Waals surface area contributed by atoms with Gasteiger partial charge in [0, 0.05) is 40.4 Å². The van der Waals surface area contributed by atoms with Crippen molar-refractivity contribution in [2.45, 2.75) is 49.9 Å². The first-order valence-corrected chi connectivity index (χ1v) is 17.6. The Balaban J connectivity index is 1.38. The van der Waals surface area contributed by atoms with Gasteiger partial charge >= 0.3 is 5.97 Å². The Morgan fingerprint density at radius 2 is 1.59 bits per heavy atom. The van der Waals surface area contributed by atoms with Gasteiger partial charge in [-0.05, 0) is 67.0 Å². The maximum atomic E-state index is 15.0. The number of fused-ring (bicyclic) bond motifs is 4. The number of carboxylic acids is 1. The standard InChI is InChI=1S/C40H36BrNO7/c41-25-15-18-32(43)30(20-25)36-26-16-17-27-35(39(49)42(38(27)48)19-9-3-8-14-34(45)46)29(26)21-31-37(47)28(23-10-4-1-5-11-23)22-33(44)40(31,36)24-12-6-2-7-13-24/h1-2,4-7,10-13,15-16,18,20,22,27,29,31,35-36,43H,3,8-9,14,17,19,21H2,(H,45,46). The van der Waals surface area contributed by atoms with Crippen molar-refractivity contribution in [2.24, 2.45) is 23.7 Å². The van der Waals surface area contributed by atoms with Crippen LogP contribution in [0.2, 0.25) is 0 Å². The largest absolute Gasteiger partial charge is 0.508 e. The summed E-state index contributed by atoms with van der Waals surface area (Å²) in [6.45, 7) is 0.206. The molecule has 2 N–H and O–H groups in total. The zero-order valence-electron chi connectivity index (χ0n) is 26.8. The average molecular weight is 723 g/mol. The number of halogens is 1. The number of aliphatic carboxylic acids is 1. The summed E-state index contributed by atoms with van der Waals surface area (Å²) in [5, 5.41) is 20.5. The fourth-order valence-electron chi connectivity index (χ4n) is 8.98. The number of hydrogen-bond donors (Lipinski definition) is 2. The third kappa shape index (κ3) is 5.39. The lowest BCUT2D eigenvalue weighted by atomic mass is 9.44. The molecule has 49 heavy (non-hydrogen) atoms. The van der Waals surface area contributed by atoms with Crippen LogP contribution < -0.4 is 0 Å². The Kier molecular flexibility index (Phi) is 8.73. The first kappa shape index (κ1) is 32.9. The molecule has 0 aromatic heterocycles. The summed E-state index contributed by atoms with van der Waals surface area (Å²) in [6.07, 6.45) is 5.49. The first-order valence-electron chi connectivity index (χ1n) is 16.8. The van der Waals surface area contributed by atoms with Gasteiger partial charge in [-0.1, -0.05) is 94.7 Å². The van der Waals surface area contributed by atoms with Crippen molar-refractivity contribution in [1.29, 1.82) is 0 Å². The molecule has 6 atom stereocenters. The number of phenolic OH excluding ortho intramolecular Hbond substituents is 1. The molecule has 250 valence electrons. The maximum absolute atomic E-state index is 15.0. The van der Waals surface area contributed by atoms with Crippen molar-refractivity contribution >= 4 is 50.9 Å². The van der Waals surface area contributed by atoms with Crippen LogP contribution in [0.5, 0.6) is 5.75 Å². The number of allylic oxidation sites excluding steroid dienone is 4. The molecular weight excluding hydrogens is 686 g/mol. The molecule has 3 aromatic carbocycles. The minimum atomic E-state index is -1.42. The van der Waals surface area contributed by atoms with Gasteiger partial charge in [-0.2, -0.15) is 0 Å². The minimum absolute atomic E-state index is 0.0270. The summed E-state index contributed by atoms with van der Waals surface area (Å²) in [5.41, 5.74) is 1.45. The molecule has 0 bridgehead atoms. The van der Waals surface area contributed by atoms with E-state index in [1.54, 1.807) is 18.2 Å². The van der Waals surface area contributed by atoms with Gasteiger partial charge in [0.05, 0.1) is 17.3 Å². The number of amides is 2. The molecule has 3 aromatic rings. The Hall–Kier alpha value is -4.63. The predicted molar refractivity (Wildman–Crippen MR) is 185 cm³/mol. The molecule has 1 aliphatic heterocycles. The number of rotatable bonds is 9. The summed E-state index contributed by atoms with van der Waals surface area (Å²) in [6, 6.07) is 23.5. The summed E-state index contributed by atoms with van der Waals surface area (Å²) in [5.74, 6) is -5.42. The molecule has 4 aliphatic rings. The quantitative estimate of drug-likeness (QED) is 0.144. The highest BCUT2D eigenvalue weighted by atomic mass is 79.9. The maximum Gasteiger partial charge on any atom is 0.303 e. The fraction of sp³-hybridized carbons (Fsp3) is 0.325. The predicted octanol–water partition coefficient (Wildman–Crippen LogP) is 6.62. The highest BCUT2D eigenvalue weighted by Gasteiger charge is 2.66. The summed E-state index contributed by atoms with van der Waals surface area (Å²) in [7, 11) is 0. The molecule has 1 heterocycles. The molecule has 2 amide bonds. The van der Waals surface area contributed by atoms with Gasteiger partial charge in [0.15, 0.2) is 11.6 Å². The number of carbonyl (C=O) groups is 5. The van der Waals surface area contributed by atoms with Crippen LogP contribution >= 0.6 is 15.9 Å². The van der Waals surface area contributed by atoms with Gasteiger partial charge in [-0.25, -0.2) is 0 Å². The van der Waals surface area contributed by atoms with E-state index in [0.29, 0.717) is 52.4 Å². The average Bonchev–Trinajstić information content (AvgIpc) is 3.35. The Bertz CT molecular complexity index is 1920. The van der Waals surface area contributed by atoms with Crippen LogP contribution in [0.25, 0.3) is 5.57 Å². The number of aromatic hydroxyl groups is 1. The molecule has 3 aliphatic carbocycles. The number of carbonyl (C=O) groups excluding carboxylic acids is 4. The van der Waals surface area contributed by atoms with E-state index in [0.717, 1.165) is 5.57 Å². The van der Waals surface area contributed by atoms with E-state index >= 15 is 4.79 Å². The lowest BCUT2D eigenvalue weighted by Gasteiger charge is -2.55. The van der Waals surface area contributed by atoms with E-state index in [1.807, 2.05) is 66.7 Å². The zero-order valence-corrected chi connectivity index (χ0v) is 28.3.